The monoisotopic (exact) mass is 549 g/mol. The van der Waals surface area contributed by atoms with Crippen molar-refractivity contribution >= 4 is 5.91 Å². The SMILES string of the molecule is C=C(O)C(Cc1ccc(-c2ncc(-c3ccc(OCCCCCCC)cc3)cn2)cc1)NC(=O)c1ccccc1C. The van der Waals surface area contributed by atoms with Crippen LogP contribution in [0.3, 0.4) is 0 Å². The van der Waals surface area contributed by atoms with Gasteiger partial charge < -0.3 is 15.2 Å². The molecule has 1 amide bonds. The topological polar surface area (TPSA) is 84.3 Å². The van der Waals surface area contributed by atoms with Gasteiger partial charge in [-0.05, 0) is 54.7 Å². The standard InChI is InChI=1S/C35H39N3O3/c1-4-5-6-7-10-21-41-31-19-17-28(18-20-31)30-23-36-34(37-24-30)29-15-13-27(14-16-29)22-33(26(3)39)38-35(40)32-12-9-8-11-25(32)2/h8-9,11-20,23-24,33,39H,3-7,10,21-22H2,1-2H3,(H,38,40). The zero-order valence-corrected chi connectivity index (χ0v) is 24.0. The molecule has 0 aliphatic heterocycles. The van der Waals surface area contributed by atoms with E-state index in [2.05, 4.69) is 28.8 Å². The minimum Gasteiger partial charge on any atom is -0.511 e. The van der Waals surface area contributed by atoms with Crippen LogP contribution in [-0.2, 0) is 6.42 Å². The minimum atomic E-state index is -0.605. The molecular formula is C35H39N3O3. The summed E-state index contributed by atoms with van der Waals surface area (Å²) in [6.07, 6.45) is 10.2. The third-order valence-electron chi connectivity index (χ3n) is 7.11. The third-order valence-corrected chi connectivity index (χ3v) is 7.11. The van der Waals surface area contributed by atoms with E-state index in [0.717, 1.165) is 46.6 Å². The van der Waals surface area contributed by atoms with Crippen LogP contribution in [0, 0.1) is 6.92 Å². The van der Waals surface area contributed by atoms with Gasteiger partial charge in [-0.2, -0.15) is 0 Å². The van der Waals surface area contributed by atoms with Crippen LogP contribution in [0.25, 0.3) is 22.5 Å². The zero-order valence-electron chi connectivity index (χ0n) is 24.0. The molecule has 0 bridgehead atoms. The molecule has 0 saturated heterocycles. The molecule has 4 rings (SSSR count). The predicted molar refractivity (Wildman–Crippen MR) is 165 cm³/mol. The number of unbranched alkanes of at least 4 members (excludes halogenated alkanes) is 4. The highest BCUT2D eigenvalue weighted by atomic mass is 16.5. The van der Waals surface area contributed by atoms with E-state index in [1.165, 1.54) is 25.7 Å². The fourth-order valence-corrected chi connectivity index (χ4v) is 4.61. The van der Waals surface area contributed by atoms with Crippen molar-refractivity contribution in [2.45, 2.75) is 58.4 Å². The Kier molecular flexibility index (Phi) is 10.7. The summed E-state index contributed by atoms with van der Waals surface area (Å²) in [6.45, 7) is 8.52. The van der Waals surface area contributed by atoms with Crippen molar-refractivity contribution in [1.82, 2.24) is 15.3 Å². The highest BCUT2D eigenvalue weighted by molar-refractivity contribution is 5.95. The minimum absolute atomic E-state index is 0.0862. The average molecular weight is 550 g/mol. The van der Waals surface area contributed by atoms with Crippen LogP contribution < -0.4 is 10.1 Å². The molecule has 0 spiro atoms. The lowest BCUT2D eigenvalue weighted by molar-refractivity contribution is 0.0933. The van der Waals surface area contributed by atoms with Crippen molar-refractivity contribution in [3.05, 3.63) is 114 Å². The second-order valence-corrected chi connectivity index (χ2v) is 10.3. The van der Waals surface area contributed by atoms with Crippen LogP contribution in [-0.4, -0.2) is 33.6 Å². The molecule has 3 aromatic carbocycles. The highest BCUT2D eigenvalue weighted by Crippen LogP contribution is 2.24. The largest absolute Gasteiger partial charge is 0.511 e. The summed E-state index contributed by atoms with van der Waals surface area (Å²) in [5.41, 5.74) is 5.24. The number of benzene rings is 3. The normalized spacial score (nSPS) is 11.6. The lowest BCUT2D eigenvalue weighted by Crippen LogP contribution is -2.38. The molecule has 0 saturated carbocycles. The molecule has 0 aliphatic carbocycles. The van der Waals surface area contributed by atoms with Gasteiger partial charge in [0.05, 0.1) is 12.6 Å². The van der Waals surface area contributed by atoms with Crippen molar-refractivity contribution < 1.29 is 14.6 Å². The summed E-state index contributed by atoms with van der Waals surface area (Å²) in [6, 6.07) is 22.6. The van der Waals surface area contributed by atoms with Gasteiger partial charge in [-0.15, -0.1) is 0 Å². The van der Waals surface area contributed by atoms with E-state index in [1.807, 2.05) is 86.0 Å². The summed E-state index contributed by atoms with van der Waals surface area (Å²) in [4.78, 5) is 21.9. The Labute approximate surface area is 243 Å². The lowest BCUT2D eigenvalue weighted by Gasteiger charge is -2.18. The van der Waals surface area contributed by atoms with Crippen LogP contribution in [0.15, 0.2) is 97.5 Å². The number of carbonyl (C=O) groups excluding carboxylic acids is 1. The Hall–Kier alpha value is -4.45. The molecule has 0 fully saturated rings. The second kappa shape index (κ2) is 14.8. The maximum absolute atomic E-state index is 12.8. The molecule has 6 heteroatoms. The van der Waals surface area contributed by atoms with Gasteiger partial charge in [0.2, 0.25) is 0 Å². The quantitative estimate of drug-likeness (QED) is 0.123. The molecular weight excluding hydrogens is 510 g/mol. The van der Waals surface area contributed by atoms with Gasteiger partial charge in [0.15, 0.2) is 5.82 Å². The Morgan fingerprint density at radius 1 is 0.878 bits per heavy atom. The average Bonchev–Trinajstić information content (AvgIpc) is 2.99. The molecule has 1 aromatic heterocycles. The number of aliphatic hydroxyl groups is 1. The van der Waals surface area contributed by atoms with Gasteiger partial charge in [0, 0.05) is 29.1 Å². The maximum Gasteiger partial charge on any atom is 0.252 e. The summed E-state index contributed by atoms with van der Waals surface area (Å²) >= 11 is 0. The van der Waals surface area contributed by atoms with E-state index >= 15 is 0 Å². The molecule has 4 aromatic rings. The smallest absolute Gasteiger partial charge is 0.252 e. The van der Waals surface area contributed by atoms with Crippen LogP contribution in [0.2, 0.25) is 0 Å². The molecule has 212 valence electrons. The van der Waals surface area contributed by atoms with Gasteiger partial charge in [-0.3, -0.25) is 4.79 Å². The number of rotatable bonds is 14. The van der Waals surface area contributed by atoms with Crippen molar-refractivity contribution in [3.8, 4) is 28.3 Å². The van der Waals surface area contributed by atoms with Crippen molar-refractivity contribution in [2.75, 3.05) is 6.61 Å². The molecule has 1 unspecified atom stereocenters. The van der Waals surface area contributed by atoms with Crippen LogP contribution >= 0.6 is 0 Å². The van der Waals surface area contributed by atoms with Crippen molar-refractivity contribution in [1.29, 1.82) is 0 Å². The number of carbonyl (C=O) groups is 1. The molecule has 0 aliphatic rings. The number of nitrogens with zero attached hydrogens (tertiary/aromatic N) is 2. The van der Waals surface area contributed by atoms with E-state index in [-0.39, 0.29) is 11.7 Å². The number of hydrogen-bond acceptors (Lipinski definition) is 5. The van der Waals surface area contributed by atoms with Crippen LogP contribution in [0.4, 0.5) is 0 Å². The fourth-order valence-electron chi connectivity index (χ4n) is 4.61. The summed E-state index contributed by atoms with van der Waals surface area (Å²) in [5.74, 6) is 1.17. The second-order valence-electron chi connectivity index (χ2n) is 10.3. The van der Waals surface area contributed by atoms with E-state index < -0.39 is 6.04 Å². The first-order valence-corrected chi connectivity index (χ1v) is 14.3. The first-order valence-electron chi connectivity index (χ1n) is 14.3. The van der Waals surface area contributed by atoms with Gasteiger partial charge >= 0.3 is 0 Å². The predicted octanol–water partition coefficient (Wildman–Crippen LogP) is 7.88. The third kappa shape index (κ3) is 8.52. The van der Waals surface area contributed by atoms with E-state index in [4.69, 9.17) is 4.74 Å². The number of aromatic nitrogens is 2. The Balaban J connectivity index is 1.33. The van der Waals surface area contributed by atoms with Crippen molar-refractivity contribution in [3.63, 3.8) is 0 Å². The van der Waals surface area contributed by atoms with Gasteiger partial charge in [0.25, 0.3) is 5.91 Å². The molecule has 1 heterocycles. The van der Waals surface area contributed by atoms with Crippen LogP contribution in [0.5, 0.6) is 5.75 Å². The Bertz CT molecular complexity index is 1410. The Morgan fingerprint density at radius 2 is 1.54 bits per heavy atom. The summed E-state index contributed by atoms with van der Waals surface area (Å²) < 4.78 is 5.87. The molecule has 2 N–H and O–H groups in total. The van der Waals surface area contributed by atoms with Crippen LogP contribution in [0.1, 0.15) is 60.5 Å². The number of aliphatic hydroxyl groups excluding tert-OH is 1. The van der Waals surface area contributed by atoms with Crippen molar-refractivity contribution in [2.24, 2.45) is 0 Å². The fraction of sp³-hybridized carbons (Fsp3) is 0.286. The molecule has 6 nitrogen and oxygen atoms in total. The number of ether oxygens (including phenoxy) is 1. The van der Waals surface area contributed by atoms with Gasteiger partial charge in [-0.1, -0.05) is 93.8 Å². The summed E-state index contributed by atoms with van der Waals surface area (Å²) in [5, 5.41) is 13.0. The Morgan fingerprint density at radius 3 is 2.20 bits per heavy atom. The molecule has 1 atom stereocenters. The van der Waals surface area contributed by atoms with Gasteiger partial charge in [-0.25, -0.2) is 9.97 Å². The lowest BCUT2D eigenvalue weighted by atomic mass is 10.0. The number of nitrogens with one attached hydrogen (secondary N) is 1. The maximum atomic E-state index is 12.8. The zero-order chi connectivity index (χ0) is 29.0. The number of amides is 1. The van der Waals surface area contributed by atoms with E-state index in [1.54, 1.807) is 6.07 Å². The number of hydrogen-bond donors (Lipinski definition) is 2. The van der Waals surface area contributed by atoms with E-state index in [9.17, 15) is 9.90 Å². The highest BCUT2D eigenvalue weighted by Gasteiger charge is 2.18. The van der Waals surface area contributed by atoms with Gasteiger partial charge in [0.1, 0.15) is 11.5 Å². The van der Waals surface area contributed by atoms with E-state index in [0.29, 0.717) is 17.8 Å². The number of aryl methyl sites for hydroxylation is 1. The first kappa shape index (κ1) is 29.5. The summed E-state index contributed by atoms with van der Waals surface area (Å²) in [7, 11) is 0. The molecule has 41 heavy (non-hydrogen) atoms. The first-order chi connectivity index (χ1) is 19.9. The molecule has 0 radical (unpaired) electrons.